The Morgan fingerprint density at radius 1 is 1.12 bits per heavy atom. The number of Topliss-reactive ketones (excluding diaryl/α,β-unsaturated/α-hetero) is 1. The lowest BCUT2D eigenvalue weighted by molar-refractivity contribution is -0.146. The average molecular weight is 438 g/mol. The first kappa shape index (κ1) is 22.6. The van der Waals surface area contributed by atoms with E-state index in [0.717, 1.165) is 49.1 Å². The van der Waals surface area contributed by atoms with Gasteiger partial charge in [-0.05, 0) is 57.4 Å². The second-order valence-electron chi connectivity index (χ2n) is 10.1. The van der Waals surface area contributed by atoms with Gasteiger partial charge in [0.2, 0.25) is 0 Å². The van der Waals surface area contributed by atoms with Gasteiger partial charge < -0.3 is 14.8 Å². The van der Waals surface area contributed by atoms with Crippen molar-refractivity contribution >= 4 is 11.8 Å². The van der Waals surface area contributed by atoms with Gasteiger partial charge in [-0.1, -0.05) is 38.5 Å². The molecule has 1 atom stereocenters. The maximum atomic E-state index is 13.5. The first-order valence-electron chi connectivity index (χ1n) is 12.0. The standard InChI is InChI=1S/C27H35NO4/c1-5-31-22-14-10-9-13-19(22)24-23(26(30)32-18-11-7-6-8-12-18)17(2)28-20-15-27(3,4)16-21(29)25(20)24/h9-10,13-14,18,24,28H,5-8,11-12,15-16H2,1-4H3/t24-/m0/s1. The van der Waals surface area contributed by atoms with Gasteiger partial charge in [-0.15, -0.1) is 0 Å². The predicted molar refractivity (Wildman–Crippen MR) is 124 cm³/mol. The molecule has 0 radical (unpaired) electrons. The highest BCUT2D eigenvalue weighted by Gasteiger charge is 2.44. The maximum Gasteiger partial charge on any atom is 0.337 e. The Labute approximate surface area is 191 Å². The number of ketones is 1. The minimum Gasteiger partial charge on any atom is -0.494 e. The average Bonchev–Trinajstić information content (AvgIpc) is 2.73. The number of carbonyl (C=O) groups is 2. The monoisotopic (exact) mass is 437 g/mol. The Hall–Kier alpha value is -2.56. The van der Waals surface area contributed by atoms with Crippen LogP contribution in [-0.2, 0) is 14.3 Å². The molecule has 1 fully saturated rings. The molecule has 0 saturated heterocycles. The Kier molecular flexibility index (Phi) is 6.45. The summed E-state index contributed by atoms with van der Waals surface area (Å²) in [4.78, 5) is 27.0. The molecule has 1 aromatic carbocycles. The lowest BCUT2D eigenvalue weighted by Gasteiger charge is -2.40. The van der Waals surface area contributed by atoms with Crippen LogP contribution in [0.4, 0.5) is 0 Å². The van der Waals surface area contributed by atoms with Gasteiger partial charge in [0, 0.05) is 29.0 Å². The number of para-hydroxylation sites is 1. The van der Waals surface area contributed by atoms with Crippen LogP contribution >= 0.6 is 0 Å². The topological polar surface area (TPSA) is 64.6 Å². The predicted octanol–water partition coefficient (Wildman–Crippen LogP) is 5.57. The van der Waals surface area contributed by atoms with Crippen LogP contribution in [-0.4, -0.2) is 24.5 Å². The molecule has 32 heavy (non-hydrogen) atoms. The number of hydrogen-bond acceptors (Lipinski definition) is 5. The molecule has 1 saturated carbocycles. The van der Waals surface area contributed by atoms with Crippen LogP contribution in [0.25, 0.3) is 0 Å². The van der Waals surface area contributed by atoms with Gasteiger partial charge in [0.1, 0.15) is 11.9 Å². The first-order valence-corrected chi connectivity index (χ1v) is 12.0. The van der Waals surface area contributed by atoms with Crippen molar-refractivity contribution in [2.75, 3.05) is 6.61 Å². The van der Waals surface area contributed by atoms with Gasteiger partial charge in [-0.3, -0.25) is 4.79 Å². The second-order valence-corrected chi connectivity index (χ2v) is 10.1. The SMILES string of the molecule is CCOc1ccccc1[C@H]1C(C(=O)OC2CCCCC2)=C(C)NC2=C1C(=O)CC(C)(C)C2. The Bertz CT molecular complexity index is 966. The van der Waals surface area contributed by atoms with Gasteiger partial charge in [0.15, 0.2) is 5.78 Å². The first-order chi connectivity index (χ1) is 15.3. The maximum absolute atomic E-state index is 13.5. The third-order valence-electron chi connectivity index (χ3n) is 6.82. The molecule has 1 aliphatic heterocycles. The largest absolute Gasteiger partial charge is 0.494 e. The number of dihydropyridines is 1. The van der Waals surface area contributed by atoms with Crippen LogP contribution in [0.1, 0.15) is 84.1 Å². The molecule has 0 amide bonds. The number of hydrogen-bond donors (Lipinski definition) is 1. The minimum absolute atomic E-state index is 0.0456. The molecule has 172 valence electrons. The number of rotatable bonds is 5. The Balaban J connectivity index is 1.80. The van der Waals surface area contributed by atoms with Gasteiger partial charge in [-0.25, -0.2) is 4.79 Å². The van der Waals surface area contributed by atoms with E-state index in [1.165, 1.54) is 6.42 Å². The summed E-state index contributed by atoms with van der Waals surface area (Å²) in [6.07, 6.45) is 6.38. The van der Waals surface area contributed by atoms with Crippen molar-refractivity contribution in [3.05, 3.63) is 52.4 Å². The van der Waals surface area contributed by atoms with Crippen LogP contribution < -0.4 is 10.1 Å². The zero-order valence-corrected chi connectivity index (χ0v) is 19.8. The van der Waals surface area contributed by atoms with E-state index in [1.54, 1.807) is 0 Å². The van der Waals surface area contributed by atoms with E-state index in [2.05, 4.69) is 19.2 Å². The summed E-state index contributed by atoms with van der Waals surface area (Å²) in [6, 6.07) is 7.75. The molecule has 5 heteroatoms. The summed E-state index contributed by atoms with van der Waals surface area (Å²) in [7, 11) is 0. The molecule has 1 aromatic rings. The molecule has 0 spiro atoms. The lowest BCUT2D eigenvalue weighted by atomic mass is 9.68. The van der Waals surface area contributed by atoms with Crippen molar-refractivity contribution in [1.82, 2.24) is 5.32 Å². The number of nitrogens with one attached hydrogen (secondary N) is 1. The normalized spacial score (nSPS) is 23.5. The smallest absolute Gasteiger partial charge is 0.337 e. The summed E-state index contributed by atoms with van der Waals surface area (Å²) in [5.74, 6) is 0.00810. The zero-order valence-electron chi connectivity index (χ0n) is 19.8. The number of ether oxygens (including phenoxy) is 2. The molecule has 3 aliphatic rings. The van der Waals surface area contributed by atoms with E-state index in [4.69, 9.17) is 9.47 Å². The number of esters is 1. The zero-order chi connectivity index (χ0) is 22.9. The van der Waals surface area contributed by atoms with E-state index < -0.39 is 5.92 Å². The van der Waals surface area contributed by atoms with Gasteiger partial charge in [0.05, 0.1) is 18.1 Å². The molecule has 1 N–H and O–H groups in total. The van der Waals surface area contributed by atoms with E-state index >= 15 is 0 Å². The van der Waals surface area contributed by atoms with Crippen LogP contribution in [0.3, 0.4) is 0 Å². The fourth-order valence-corrected chi connectivity index (χ4v) is 5.42. The van der Waals surface area contributed by atoms with E-state index in [-0.39, 0.29) is 23.3 Å². The molecular weight excluding hydrogens is 402 g/mol. The fraction of sp³-hybridized carbons (Fsp3) is 0.556. The van der Waals surface area contributed by atoms with E-state index in [0.29, 0.717) is 29.9 Å². The number of allylic oxidation sites excluding steroid dienone is 3. The fourth-order valence-electron chi connectivity index (χ4n) is 5.42. The summed E-state index contributed by atoms with van der Waals surface area (Å²) in [5, 5.41) is 3.42. The highest BCUT2D eigenvalue weighted by molar-refractivity contribution is 6.04. The van der Waals surface area contributed by atoms with Gasteiger partial charge >= 0.3 is 5.97 Å². The van der Waals surface area contributed by atoms with E-state index in [1.807, 2.05) is 38.1 Å². The summed E-state index contributed by atoms with van der Waals surface area (Å²) in [6.45, 7) is 8.61. The number of benzene rings is 1. The molecule has 0 bridgehead atoms. The van der Waals surface area contributed by atoms with Crippen molar-refractivity contribution in [2.24, 2.45) is 5.41 Å². The molecule has 4 rings (SSSR count). The van der Waals surface area contributed by atoms with Gasteiger partial charge in [-0.2, -0.15) is 0 Å². The summed E-state index contributed by atoms with van der Waals surface area (Å²) in [5.41, 5.74) is 3.66. The van der Waals surface area contributed by atoms with E-state index in [9.17, 15) is 9.59 Å². The Morgan fingerprint density at radius 3 is 2.56 bits per heavy atom. The van der Waals surface area contributed by atoms with Crippen molar-refractivity contribution in [3.63, 3.8) is 0 Å². The molecule has 2 aliphatic carbocycles. The summed E-state index contributed by atoms with van der Waals surface area (Å²) >= 11 is 0. The third kappa shape index (κ3) is 4.48. The van der Waals surface area contributed by atoms with Crippen molar-refractivity contribution in [2.45, 2.75) is 84.7 Å². The summed E-state index contributed by atoms with van der Waals surface area (Å²) < 4.78 is 11.9. The van der Waals surface area contributed by atoms with Crippen LogP contribution in [0, 0.1) is 5.41 Å². The van der Waals surface area contributed by atoms with Crippen molar-refractivity contribution in [3.8, 4) is 5.75 Å². The quantitative estimate of drug-likeness (QED) is 0.611. The van der Waals surface area contributed by atoms with Crippen molar-refractivity contribution < 1.29 is 19.1 Å². The Morgan fingerprint density at radius 2 is 1.84 bits per heavy atom. The van der Waals surface area contributed by atoms with Crippen LogP contribution in [0.5, 0.6) is 5.75 Å². The van der Waals surface area contributed by atoms with Crippen LogP contribution in [0.2, 0.25) is 0 Å². The lowest BCUT2D eigenvalue weighted by Crippen LogP contribution is -2.39. The van der Waals surface area contributed by atoms with Crippen molar-refractivity contribution in [1.29, 1.82) is 0 Å². The highest BCUT2D eigenvalue weighted by atomic mass is 16.5. The molecule has 0 aromatic heterocycles. The number of carbonyl (C=O) groups excluding carboxylic acids is 2. The second kappa shape index (κ2) is 9.13. The van der Waals surface area contributed by atoms with Gasteiger partial charge in [0.25, 0.3) is 0 Å². The molecule has 1 heterocycles. The molecule has 0 unspecified atom stereocenters. The minimum atomic E-state index is -0.478. The third-order valence-corrected chi connectivity index (χ3v) is 6.82. The molecular formula is C27H35NO4. The molecule has 5 nitrogen and oxygen atoms in total. The van der Waals surface area contributed by atoms with Crippen LogP contribution in [0.15, 0.2) is 46.8 Å². The highest BCUT2D eigenvalue weighted by Crippen LogP contribution is 2.48.